The van der Waals surface area contributed by atoms with Crippen LogP contribution in [0.25, 0.3) is 0 Å². The van der Waals surface area contributed by atoms with Crippen molar-refractivity contribution < 1.29 is 9.90 Å². The van der Waals surface area contributed by atoms with Gasteiger partial charge < -0.3 is 5.11 Å². The van der Waals surface area contributed by atoms with E-state index in [-0.39, 0.29) is 52.6 Å². The van der Waals surface area contributed by atoms with Crippen LogP contribution < -0.4 is 0 Å². The summed E-state index contributed by atoms with van der Waals surface area (Å²) in [6.07, 6.45) is 20.2. The van der Waals surface area contributed by atoms with E-state index >= 15 is 0 Å². The number of aliphatic carboxylic acids is 1. The Hall–Kier alpha value is 1.24. The molecule has 0 aromatic heterocycles. The third kappa shape index (κ3) is 26.1. The monoisotopic (exact) mass is 331 g/mol. The predicted molar refractivity (Wildman–Crippen MR) is 98.7 cm³/mol. The molecule has 0 aromatic rings. The van der Waals surface area contributed by atoms with Crippen LogP contribution in [0.5, 0.6) is 0 Å². The average Bonchev–Trinajstić information content (AvgIpc) is 2.43. The SMILES string of the molecule is CCCCCCCCCCCCCCCCCC(=O)O.[Mg].[Na]. The Kier molecular flexibility index (Phi) is 31.2. The molecule has 0 unspecified atom stereocenters. The van der Waals surface area contributed by atoms with Crippen molar-refractivity contribution >= 4 is 58.6 Å². The fourth-order valence-electron chi connectivity index (χ4n) is 2.65. The molecule has 0 rings (SSSR count). The van der Waals surface area contributed by atoms with E-state index in [0.29, 0.717) is 6.42 Å². The molecule has 0 fully saturated rings. The molecule has 22 heavy (non-hydrogen) atoms. The van der Waals surface area contributed by atoms with Gasteiger partial charge in [0.05, 0.1) is 0 Å². The average molecular weight is 332 g/mol. The van der Waals surface area contributed by atoms with Gasteiger partial charge in [0.1, 0.15) is 0 Å². The molecular formula is C18H36MgNaO2. The molecule has 3 radical (unpaired) electrons. The maximum atomic E-state index is 10.3. The van der Waals surface area contributed by atoms with Gasteiger partial charge in [0.15, 0.2) is 0 Å². The first-order chi connectivity index (χ1) is 9.77. The fourth-order valence-corrected chi connectivity index (χ4v) is 2.65. The van der Waals surface area contributed by atoms with Gasteiger partial charge in [-0.1, -0.05) is 96.8 Å². The standard InChI is InChI=1S/C18H36O2.Mg.Na/c1-2-3-4-5-6-7-8-9-10-11-12-13-14-15-16-17-18(19)20;;/h2-17H2,1H3,(H,19,20);;. The van der Waals surface area contributed by atoms with Crippen molar-refractivity contribution in [2.75, 3.05) is 0 Å². The summed E-state index contributed by atoms with van der Waals surface area (Å²) in [6.45, 7) is 2.27. The van der Waals surface area contributed by atoms with Crippen LogP contribution in [0.1, 0.15) is 110 Å². The number of unbranched alkanes of at least 4 members (excludes halogenated alkanes) is 14. The van der Waals surface area contributed by atoms with Crippen molar-refractivity contribution in [2.24, 2.45) is 0 Å². The molecule has 0 saturated heterocycles. The third-order valence-electron chi connectivity index (χ3n) is 3.99. The van der Waals surface area contributed by atoms with Gasteiger partial charge in [-0.3, -0.25) is 4.79 Å². The van der Waals surface area contributed by atoms with Crippen LogP contribution in [0.2, 0.25) is 0 Å². The largest absolute Gasteiger partial charge is 0.481 e. The molecule has 0 aliphatic carbocycles. The summed E-state index contributed by atoms with van der Waals surface area (Å²) in [5, 5.41) is 8.52. The predicted octanol–water partition coefficient (Wildman–Crippen LogP) is 5.57. The molecule has 0 saturated carbocycles. The molecule has 2 nitrogen and oxygen atoms in total. The first-order valence-corrected chi connectivity index (χ1v) is 8.99. The van der Waals surface area contributed by atoms with Crippen LogP contribution in [0.4, 0.5) is 0 Å². The fraction of sp³-hybridized carbons (Fsp3) is 0.944. The Morgan fingerprint density at radius 2 is 0.909 bits per heavy atom. The molecule has 4 heteroatoms. The molecule has 0 aromatic carbocycles. The molecule has 123 valence electrons. The van der Waals surface area contributed by atoms with Gasteiger partial charge in [0.25, 0.3) is 0 Å². The molecule has 0 spiro atoms. The van der Waals surface area contributed by atoms with Crippen LogP contribution in [0.3, 0.4) is 0 Å². The molecule has 0 bridgehead atoms. The second-order valence-electron chi connectivity index (χ2n) is 6.09. The number of rotatable bonds is 16. The van der Waals surface area contributed by atoms with Gasteiger partial charge >= 0.3 is 5.97 Å². The van der Waals surface area contributed by atoms with E-state index < -0.39 is 5.97 Å². The topological polar surface area (TPSA) is 37.3 Å². The summed E-state index contributed by atoms with van der Waals surface area (Å²) in [4.78, 5) is 10.3. The maximum absolute atomic E-state index is 10.3. The van der Waals surface area contributed by atoms with Gasteiger partial charge in [-0.15, -0.1) is 0 Å². The Balaban J connectivity index is -0.00000180. The van der Waals surface area contributed by atoms with Crippen LogP contribution in [-0.2, 0) is 4.79 Å². The molecule has 0 aliphatic heterocycles. The molecule has 1 N–H and O–H groups in total. The summed E-state index contributed by atoms with van der Waals surface area (Å²) in [5.74, 6) is -0.653. The Labute approximate surface area is 177 Å². The number of hydrogen-bond donors (Lipinski definition) is 1. The van der Waals surface area contributed by atoms with E-state index in [1.165, 1.54) is 83.5 Å². The summed E-state index contributed by atoms with van der Waals surface area (Å²) in [6, 6.07) is 0. The van der Waals surface area contributed by atoms with Gasteiger partial charge in [0.2, 0.25) is 0 Å². The van der Waals surface area contributed by atoms with Crippen molar-refractivity contribution in [3.8, 4) is 0 Å². The summed E-state index contributed by atoms with van der Waals surface area (Å²) >= 11 is 0. The summed E-state index contributed by atoms with van der Waals surface area (Å²) in [7, 11) is 0. The first-order valence-electron chi connectivity index (χ1n) is 8.99. The van der Waals surface area contributed by atoms with Gasteiger partial charge in [-0.25, -0.2) is 0 Å². The maximum Gasteiger partial charge on any atom is 0.303 e. The van der Waals surface area contributed by atoms with Crippen molar-refractivity contribution in [1.29, 1.82) is 0 Å². The van der Waals surface area contributed by atoms with E-state index in [9.17, 15) is 4.79 Å². The third-order valence-corrected chi connectivity index (χ3v) is 3.99. The number of carboxylic acid groups (broad SMARTS) is 1. The van der Waals surface area contributed by atoms with E-state index in [1.54, 1.807) is 0 Å². The molecule has 0 amide bonds. The first kappa shape index (κ1) is 28.1. The smallest absolute Gasteiger partial charge is 0.303 e. The van der Waals surface area contributed by atoms with Gasteiger partial charge in [-0.2, -0.15) is 0 Å². The van der Waals surface area contributed by atoms with Crippen molar-refractivity contribution in [3.05, 3.63) is 0 Å². The minimum Gasteiger partial charge on any atom is -0.481 e. The van der Waals surface area contributed by atoms with Crippen LogP contribution >= 0.6 is 0 Å². The number of carboxylic acids is 1. The number of carbonyl (C=O) groups is 1. The molecule has 0 aliphatic rings. The zero-order valence-corrected chi connectivity index (χ0v) is 18.8. The Morgan fingerprint density at radius 1 is 0.636 bits per heavy atom. The second-order valence-corrected chi connectivity index (χ2v) is 6.09. The van der Waals surface area contributed by atoms with E-state index in [1.807, 2.05) is 0 Å². The summed E-state index contributed by atoms with van der Waals surface area (Å²) in [5.41, 5.74) is 0. The van der Waals surface area contributed by atoms with Crippen molar-refractivity contribution in [2.45, 2.75) is 110 Å². The quantitative estimate of drug-likeness (QED) is 0.296. The zero-order valence-electron chi connectivity index (χ0n) is 15.4. The van der Waals surface area contributed by atoms with E-state index in [0.717, 1.165) is 12.8 Å². The van der Waals surface area contributed by atoms with Gasteiger partial charge in [-0.05, 0) is 6.42 Å². The number of hydrogen-bond acceptors (Lipinski definition) is 1. The van der Waals surface area contributed by atoms with Crippen LogP contribution in [0, 0.1) is 0 Å². The van der Waals surface area contributed by atoms with E-state index in [4.69, 9.17) is 5.11 Å². The van der Waals surface area contributed by atoms with E-state index in [2.05, 4.69) is 6.92 Å². The summed E-state index contributed by atoms with van der Waals surface area (Å²) < 4.78 is 0. The van der Waals surface area contributed by atoms with Crippen LogP contribution in [0.15, 0.2) is 0 Å². The Bertz CT molecular complexity index is 213. The van der Waals surface area contributed by atoms with Crippen molar-refractivity contribution in [1.82, 2.24) is 0 Å². The van der Waals surface area contributed by atoms with Crippen molar-refractivity contribution in [3.63, 3.8) is 0 Å². The van der Waals surface area contributed by atoms with Gasteiger partial charge in [0, 0.05) is 59.0 Å². The zero-order chi connectivity index (χ0) is 14.9. The molecule has 0 heterocycles. The van der Waals surface area contributed by atoms with Crippen LogP contribution in [-0.4, -0.2) is 63.7 Å². The normalized spacial score (nSPS) is 9.86. The second kappa shape index (κ2) is 24.5. The molecular weight excluding hydrogens is 295 g/mol. The molecule has 0 atom stereocenters. The minimum atomic E-state index is -0.653. The Morgan fingerprint density at radius 3 is 1.18 bits per heavy atom. The minimum absolute atomic E-state index is 0.